The number of likely N-dealkylation sites (tertiary alicyclic amines) is 1. The number of nitrogens with zero attached hydrogens (tertiary/aromatic N) is 2. The molecule has 20 heavy (non-hydrogen) atoms. The molecule has 1 amide bonds. The van der Waals surface area contributed by atoms with E-state index in [-0.39, 0.29) is 18.6 Å². The molecule has 110 valence electrons. The van der Waals surface area contributed by atoms with Crippen molar-refractivity contribution in [1.29, 1.82) is 0 Å². The highest BCUT2D eigenvalue weighted by Crippen LogP contribution is 2.22. The Morgan fingerprint density at radius 3 is 2.80 bits per heavy atom. The van der Waals surface area contributed by atoms with Gasteiger partial charge in [0, 0.05) is 25.9 Å². The highest BCUT2D eigenvalue weighted by Gasteiger charge is 2.26. The number of carbonyl (C=O) groups excluding carboxylic acids is 1. The zero-order chi connectivity index (χ0) is 14.5. The van der Waals surface area contributed by atoms with Crippen LogP contribution < -0.4 is 4.74 Å². The first-order chi connectivity index (χ1) is 9.61. The first-order valence-corrected chi connectivity index (χ1v) is 7.13. The molecule has 0 radical (unpaired) electrons. The Morgan fingerprint density at radius 1 is 1.50 bits per heavy atom. The van der Waals surface area contributed by atoms with Crippen LogP contribution in [0.25, 0.3) is 0 Å². The molecule has 0 unspecified atom stereocenters. The molecule has 2 rings (SSSR count). The number of ether oxygens (including phenoxy) is 1. The summed E-state index contributed by atoms with van der Waals surface area (Å²) in [6, 6.07) is 3.55. The smallest absolute Gasteiger partial charge is 0.276 e. The van der Waals surface area contributed by atoms with Gasteiger partial charge in [0.05, 0.1) is 6.10 Å². The van der Waals surface area contributed by atoms with Crippen LogP contribution in [0.2, 0.25) is 0 Å². The first-order valence-electron chi connectivity index (χ1n) is 7.13. The second-order valence-electron chi connectivity index (χ2n) is 5.43. The molecule has 0 spiro atoms. The number of rotatable bonds is 4. The summed E-state index contributed by atoms with van der Waals surface area (Å²) in [6.07, 6.45) is 3.30. The second-order valence-corrected chi connectivity index (χ2v) is 5.43. The summed E-state index contributed by atoms with van der Waals surface area (Å²) in [5.41, 5.74) is 0.378. The lowest BCUT2D eigenvalue weighted by molar-refractivity contribution is 0.0639. The number of pyridine rings is 1. The van der Waals surface area contributed by atoms with Gasteiger partial charge in [0.1, 0.15) is 0 Å². The van der Waals surface area contributed by atoms with Crippen LogP contribution in [0.3, 0.4) is 0 Å². The van der Waals surface area contributed by atoms with E-state index in [1.807, 2.05) is 13.8 Å². The van der Waals surface area contributed by atoms with Crippen LogP contribution >= 0.6 is 0 Å². The molecular weight excluding hydrogens is 256 g/mol. The van der Waals surface area contributed by atoms with Gasteiger partial charge in [0.25, 0.3) is 5.91 Å². The number of hydrogen-bond donors (Lipinski definition) is 1. The van der Waals surface area contributed by atoms with Crippen molar-refractivity contribution in [2.75, 3.05) is 19.7 Å². The van der Waals surface area contributed by atoms with Gasteiger partial charge in [-0.3, -0.25) is 4.79 Å². The van der Waals surface area contributed by atoms with Crippen LogP contribution in [-0.4, -0.2) is 46.7 Å². The molecule has 1 aliphatic rings. The van der Waals surface area contributed by atoms with Gasteiger partial charge in [-0.05, 0) is 44.7 Å². The second kappa shape index (κ2) is 6.70. The van der Waals surface area contributed by atoms with Crippen LogP contribution in [0.15, 0.2) is 18.3 Å². The number of hydrogen-bond acceptors (Lipinski definition) is 4. The molecule has 1 aromatic rings. The van der Waals surface area contributed by atoms with Crippen LogP contribution in [0.5, 0.6) is 5.75 Å². The maximum atomic E-state index is 12.5. The molecule has 0 aliphatic carbocycles. The molecule has 0 aromatic carbocycles. The number of amides is 1. The average molecular weight is 278 g/mol. The minimum Gasteiger partial charge on any atom is -0.489 e. The molecule has 1 aliphatic heterocycles. The van der Waals surface area contributed by atoms with E-state index in [1.54, 1.807) is 23.2 Å². The number of carbonyl (C=O) groups is 1. The fourth-order valence-corrected chi connectivity index (χ4v) is 2.37. The molecule has 5 nitrogen and oxygen atoms in total. The maximum absolute atomic E-state index is 12.5. The Labute approximate surface area is 119 Å². The minimum atomic E-state index is -0.0855. The minimum absolute atomic E-state index is 0.00544. The quantitative estimate of drug-likeness (QED) is 0.910. The first kappa shape index (κ1) is 14.8. The Morgan fingerprint density at radius 2 is 2.20 bits per heavy atom. The lowest BCUT2D eigenvalue weighted by atomic mass is 9.97. The van der Waals surface area contributed by atoms with Gasteiger partial charge in [-0.2, -0.15) is 0 Å². The summed E-state index contributed by atoms with van der Waals surface area (Å²) in [4.78, 5) is 18.5. The van der Waals surface area contributed by atoms with Crippen molar-refractivity contribution in [2.24, 2.45) is 5.92 Å². The predicted octanol–water partition coefficient (Wildman–Crippen LogP) is 1.71. The van der Waals surface area contributed by atoms with Gasteiger partial charge in [-0.1, -0.05) is 0 Å². The lowest BCUT2D eigenvalue weighted by Crippen LogP contribution is -2.39. The normalized spacial score (nSPS) is 16.5. The fraction of sp³-hybridized carbons (Fsp3) is 0.600. The summed E-state index contributed by atoms with van der Waals surface area (Å²) >= 11 is 0. The summed E-state index contributed by atoms with van der Waals surface area (Å²) in [6.45, 7) is 5.39. The topological polar surface area (TPSA) is 62.7 Å². The Balaban J connectivity index is 2.09. The average Bonchev–Trinajstić information content (AvgIpc) is 2.46. The van der Waals surface area contributed by atoms with E-state index in [4.69, 9.17) is 9.84 Å². The van der Waals surface area contributed by atoms with Gasteiger partial charge in [0.15, 0.2) is 11.4 Å². The Bertz CT molecular complexity index is 454. The van der Waals surface area contributed by atoms with E-state index in [0.29, 0.717) is 30.5 Å². The van der Waals surface area contributed by atoms with Crippen molar-refractivity contribution in [3.05, 3.63) is 24.0 Å². The molecule has 0 atom stereocenters. The lowest BCUT2D eigenvalue weighted by Gasteiger charge is -2.31. The van der Waals surface area contributed by atoms with Gasteiger partial charge in [-0.15, -0.1) is 0 Å². The molecule has 1 fully saturated rings. The van der Waals surface area contributed by atoms with Gasteiger partial charge in [-0.25, -0.2) is 4.98 Å². The van der Waals surface area contributed by atoms with Crippen molar-refractivity contribution in [1.82, 2.24) is 9.88 Å². The summed E-state index contributed by atoms with van der Waals surface area (Å²) in [7, 11) is 0. The van der Waals surface area contributed by atoms with Gasteiger partial charge < -0.3 is 14.7 Å². The van der Waals surface area contributed by atoms with E-state index in [9.17, 15) is 4.79 Å². The highest BCUT2D eigenvalue weighted by atomic mass is 16.5. The molecule has 1 saturated heterocycles. The van der Waals surface area contributed by atoms with Crippen molar-refractivity contribution < 1.29 is 14.6 Å². The van der Waals surface area contributed by atoms with Crippen molar-refractivity contribution in [2.45, 2.75) is 32.8 Å². The largest absolute Gasteiger partial charge is 0.489 e. The van der Waals surface area contributed by atoms with Crippen molar-refractivity contribution in [3.63, 3.8) is 0 Å². The molecule has 2 heterocycles. The molecule has 5 heteroatoms. The van der Waals surface area contributed by atoms with E-state index in [0.717, 1.165) is 12.8 Å². The predicted molar refractivity (Wildman–Crippen MR) is 75.7 cm³/mol. The monoisotopic (exact) mass is 278 g/mol. The van der Waals surface area contributed by atoms with E-state index >= 15 is 0 Å². The van der Waals surface area contributed by atoms with Gasteiger partial charge in [0.2, 0.25) is 0 Å². The third kappa shape index (κ3) is 3.48. The van der Waals surface area contributed by atoms with Crippen LogP contribution in [0, 0.1) is 5.92 Å². The SMILES string of the molecule is CC(C)Oc1cccnc1C(=O)N1CCC(CO)CC1. The Hall–Kier alpha value is -1.62. The van der Waals surface area contributed by atoms with Crippen LogP contribution in [-0.2, 0) is 0 Å². The maximum Gasteiger partial charge on any atom is 0.276 e. The molecule has 1 N–H and O–H groups in total. The summed E-state index contributed by atoms with van der Waals surface area (Å²) < 4.78 is 5.65. The fourth-order valence-electron chi connectivity index (χ4n) is 2.37. The van der Waals surface area contributed by atoms with E-state index < -0.39 is 0 Å². The molecule has 1 aromatic heterocycles. The standard InChI is InChI=1S/C15H22N2O3/c1-11(2)20-13-4-3-7-16-14(13)15(19)17-8-5-12(10-18)6-9-17/h3-4,7,11-12,18H,5-6,8-10H2,1-2H3. The molecular formula is C15H22N2O3. The zero-order valence-electron chi connectivity index (χ0n) is 12.1. The third-order valence-corrected chi connectivity index (χ3v) is 3.50. The van der Waals surface area contributed by atoms with Crippen molar-refractivity contribution in [3.8, 4) is 5.75 Å². The molecule has 0 bridgehead atoms. The zero-order valence-corrected chi connectivity index (χ0v) is 12.1. The summed E-state index contributed by atoms with van der Waals surface area (Å²) in [5, 5.41) is 9.14. The highest BCUT2D eigenvalue weighted by molar-refractivity contribution is 5.95. The van der Waals surface area contributed by atoms with E-state index in [1.165, 1.54) is 0 Å². The number of aliphatic hydroxyl groups excluding tert-OH is 1. The third-order valence-electron chi connectivity index (χ3n) is 3.50. The number of piperidine rings is 1. The van der Waals surface area contributed by atoms with E-state index in [2.05, 4.69) is 4.98 Å². The van der Waals surface area contributed by atoms with Crippen molar-refractivity contribution >= 4 is 5.91 Å². The Kier molecular flexibility index (Phi) is 4.95. The number of aliphatic hydroxyl groups is 1. The van der Waals surface area contributed by atoms with Crippen LogP contribution in [0.4, 0.5) is 0 Å². The molecule has 0 saturated carbocycles. The number of aromatic nitrogens is 1. The summed E-state index contributed by atoms with van der Waals surface area (Å²) in [5.74, 6) is 0.767. The van der Waals surface area contributed by atoms with Gasteiger partial charge >= 0.3 is 0 Å². The van der Waals surface area contributed by atoms with Crippen LogP contribution in [0.1, 0.15) is 37.2 Å².